The number of halogens is 1. The predicted molar refractivity (Wildman–Crippen MR) is 141 cm³/mol. The van der Waals surface area contributed by atoms with Gasteiger partial charge < -0.3 is 19.5 Å². The number of ether oxygens (including phenoxy) is 3. The van der Waals surface area contributed by atoms with Crippen molar-refractivity contribution in [2.75, 3.05) is 6.61 Å². The second-order valence-electron chi connectivity index (χ2n) is 9.79. The van der Waals surface area contributed by atoms with Crippen LogP contribution in [0.4, 0.5) is 9.18 Å². The molecule has 40 heavy (non-hydrogen) atoms. The monoisotopic (exact) mass is 551 g/mol. The third-order valence-electron chi connectivity index (χ3n) is 5.37. The van der Waals surface area contributed by atoms with Gasteiger partial charge in [0.1, 0.15) is 11.4 Å². The van der Waals surface area contributed by atoms with Crippen LogP contribution in [-0.2, 0) is 20.7 Å². The fraction of sp³-hybridized carbons (Fsp3) is 0.333. The summed E-state index contributed by atoms with van der Waals surface area (Å²) in [4.78, 5) is 28.5. The van der Waals surface area contributed by atoms with E-state index >= 15 is 0 Å². The summed E-state index contributed by atoms with van der Waals surface area (Å²) in [5.41, 5.74) is 1.70. The van der Waals surface area contributed by atoms with Crippen LogP contribution in [0.1, 0.15) is 39.8 Å². The number of H-pyrrole nitrogens is 1. The van der Waals surface area contributed by atoms with Crippen LogP contribution in [-0.4, -0.2) is 60.5 Å². The van der Waals surface area contributed by atoms with Crippen molar-refractivity contribution in [3.8, 4) is 28.6 Å². The van der Waals surface area contributed by atoms with Gasteiger partial charge in [-0.1, -0.05) is 5.21 Å². The van der Waals surface area contributed by atoms with E-state index in [-0.39, 0.29) is 25.3 Å². The molecule has 0 saturated carbocycles. The molecule has 2 N–H and O–H groups in total. The summed E-state index contributed by atoms with van der Waals surface area (Å²) >= 11 is 0. The minimum Gasteiger partial charge on any atom is -0.466 e. The highest BCUT2D eigenvalue weighted by atomic mass is 19.1. The highest BCUT2D eigenvalue weighted by Crippen LogP contribution is 2.26. The molecule has 4 rings (SSSR count). The first kappa shape index (κ1) is 28.2. The normalized spacial score (nSPS) is 12.0. The zero-order valence-corrected chi connectivity index (χ0v) is 22.6. The Morgan fingerprint density at radius 1 is 1.18 bits per heavy atom. The lowest BCUT2D eigenvalue weighted by Gasteiger charge is -2.23. The number of hydrogen-bond donors (Lipinski definition) is 2. The topological polar surface area (TPSA) is 146 Å². The number of alkyl carbamates (subject to hydrolysis) is 1. The number of rotatable bonds is 10. The molecule has 0 spiro atoms. The van der Waals surface area contributed by atoms with Gasteiger partial charge in [0.05, 0.1) is 36.3 Å². The van der Waals surface area contributed by atoms with Crippen LogP contribution in [0.25, 0.3) is 16.9 Å². The fourth-order valence-electron chi connectivity index (χ4n) is 3.68. The summed E-state index contributed by atoms with van der Waals surface area (Å²) < 4.78 is 32.0. The van der Waals surface area contributed by atoms with Crippen molar-refractivity contribution in [2.45, 2.75) is 52.2 Å². The van der Waals surface area contributed by atoms with Gasteiger partial charge in [-0.05, 0) is 64.1 Å². The van der Waals surface area contributed by atoms with Gasteiger partial charge in [0.2, 0.25) is 0 Å². The van der Waals surface area contributed by atoms with Gasteiger partial charge in [0.25, 0.3) is 5.88 Å². The van der Waals surface area contributed by atoms with Crippen molar-refractivity contribution in [1.82, 2.24) is 35.5 Å². The van der Waals surface area contributed by atoms with E-state index in [1.807, 2.05) is 0 Å². The number of esters is 1. The Kier molecular flexibility index (Phi) is 8.72. The van der Waals surface area contributed by atoms with Crippen LogP contribution in [0.3, 0.4) is 0 Å². The molecule has 1 aromatic carbocycles. The molecule has 1 unspecified atom stereocenters. The zero-order valence-electron chi connectivity index (χ0n) is 22.6. The molecular formula is C27H30FN7O5. The quantitative estimate of drug-likeness (QED) is 0.274. The molecule has 1 atom stereocenters. The molecule has 3 heterocycles. The fourth-order valence-corrected chi connectivity index (χ4v) is 3.68. The summed E-state index contributed by atoms with van der Waals surface area (Å²) in [5, 5.41) is 17.6. The predicted octanol–water partition coefficient (Wildman–Crippen LogP) is 4.37. The average Bonchev–Trinajstić information content (AvgIpc) is 3.57. The third-order valence-corrected chi connectivity index (χ3v) is 5.37. The lowest BCUT2D eigenvalue weighted by Crippen LogP contribution is -2.41. The number of nitrogens with one attached hydrogen (secondary N) is 2. The molecule has 4 aromatic rings. The molecule has 210 valence electrons. The van der Waals surface area contributed by atoms with Crippen molar-refractivity contribution in [2.24, 2.45) is 0 Å². The first-order valence-electron chi connectivity index (χ1n) is 12.6. The maximum absolute atomic E-state index is 14.6. The van der Waals surface area contributed by atoms with Gasteiger partial charge >= 0.3 is 12.1 Å². The SMILES string of the molecule is CCOC(=O)CC(Cc1cn(-c2ccc(Oc3ncc(-c4ccn[nH]4)cc3F)cc2)nn1)NC(=O)OC(C)(C)C. The number of aromatic nitrogens is 6. The Morgan fingerprint density at radius 2 is 1.95 bits per heavy atom. The van der Waals surface area contributed by atoms with Crippen LogP contribution in [0.15, 0.2) is 55.0 Å². The van der Waals surface area contributed by atoms with Gasteiger partial charge in [-0.15, -0.1) is 5.10 Å². The lowest BCUT2D eigenvalue weighted by molar-refractivity contribution is -0.143. The number of nitrogens with zero attached hydrogens (tertiary/aromatic N) is 5. The van der Waals surface area contributed by atoms with Crippen LogP contribution < -0.4 is 10.1 Å². The minimum atomic E-state index is -0.691. The minimum absolute atomic E-state index is 0.0561. The van der Waals surface area contributed by atoms with Gasteiger partial charge in [-0.3, -0.25) is 9.89 Å². The molecule has 0 bridgehead atoms. The van der Waals surface area contributed by atoms with Crippen LogP contribution >= 0.6 is 0 Å². The van der Waals surface area contributed by atoms with E-state index in [0.717, 1.165) is 0 Å². The maximum Gasteiger partial charge on any atom is 0.407 e. The van der Waals surface area contributed by atoms with E-state index in [1.165, 1.54) is 16.9 Å². The van der Waals surface area contributed by atoms with E-state index in [1.54, 1.807) is 70.4 Å². The molecule has 13 heteroatoms. The Bertz CT molecular complexity index is 1430. The lowest BCUT2D eigenvalue weighted by atomic mass is 10.1. The standard InChI is InChI=1S/C27H30FN7O5/c1-5-38-24(36)14-18(31-26(37)40-27(2,3)4)13-19-16-35(34-32-19)20-6-8-21(9-7-20)39-25-22(28)12-17(15-29-25)23-10-11-30-33-23/h6-12,15-16,18H,5,13-14H2,1-4H3,(H,30,33)(H,31,37). The van der Waals surface area contributed by atoms with Crippen molar-refractivity contribution in [1.29, 1.82) is 0 Å². The summed E-state index contributed by atoms with van der Waals surface area (Å²) in [6, 6.07) is 9.15. The number of amides is 1. The van der Waals surface area contributed by atoms with Crippen LogP contribution in [0, 0.1) is 5.82 Å². The van der Waals surface area contributed by atoms with Crippen molar-refractivity contribution < 1.29 is 28.2 Å². The van der Waals surface area contributed by atoms with Crippen molar-refractivity contribution in [3.05, 3.63) is 66.5 Å². The van der Waals surface area contributed by atoms with E-state index in [9.17, 15) is 14.0 Å². The second-order valence-corrected chi connectivity index (χ2v) is 9.79. The van der Waals surface area contributed by atoms with Gasteiger partial charge in [0.15, 0.2) is 5.82 Å². The number of pyridine rings is 1. The van der Waals surface area contributed by atoms with Gasteiger partial charge in [-0.25, -0.2) is 18.9 Å². The molecule has 1 amide bonds. The number of benzene rings is 1. The van der Waals surface area contributed by atoms with E-state index in [4.69, 9.17) is 14.2 Å². The summed E-state index contributed by atoms with van der Waals surface area (Å²) in [6.45, 7) is 7.19. The van der Waals surface area contributed by atoms with Gasteiger partial charge in [0, 0.05) is 30.4 Å². The molecule has 12 nitrogen and oxygen atoms in total. The molecule has 0 saturated heterocycles. The average molecular weight is 552 g/mol. The third kappa shape index (κ3) is 7.85. The summed E-state index contributed by atoms with van der Waals surface area (Å²) in [6.07, 6.45) is 4.26. The van der Waals surface area contributed by atoms with E-state index in [2.05, 4.69) is 30.8 Å². The smallest absolute Gasteiger partial charge is 0.407 e. The highest BCUT2D eigenvalue weighted by molar-refractivity contribution is 5.73. The van der Waals surface area contributed by atoms with E-state index < -0.39 is 29.5 Å². The maximum atomic E-state index is 14.6. The molecule has 0 aliphatic rings. The number of hydrogen-bond acceptors (Lipinski definition) is 9. The number of carbonyl (C=O) groups excluding carboxylic acids is 2. The largest absolute Gasteiger partial charge is 0.466 e. The molecule has 0 fully saturated rings. The van der Waals surface area contributed by atoms with Crippen LogP contribution in [0.2, 0.25) is 0 Å². The number of aromatic amines is 1. The Labute approximate surface area is 229 Å². The van der Waals surface area contributed by atoms with Gasteiger partial charge in [-0.2, -0.15) is 5.10 Å². The Balaban J connectivity index is 1.41. The molecule has 3 aromatic heterocycles. The molecule has 0 aliphatic heterocycles. The summed E-state index contributed by atoms with van der Waals surface area (Å²) in [5.74, 6) is -0.854. The van der Waals surface area contributed by atoms with Crippen LogP contribution in [0.5, 0.6) is 11.6 Å². The second kappa shape index (κ2) is 12.4. The van der Waals surface area contributed by atoms with Crippen molar-refractivity contribution in [3.63, 3.8) is 0 Å². The Hall–Kier alpha value is -4.81. The molecular weight excluding hydrogens is 521 g/mol. The molecule has 0 aliphatic carbocycles. The highest BCUT2D eigenvalue weighted by Gasteiger charge is 2.23. The number of carbonyl (C=O) groups is 2. The molecule has 0 radical (unpaired) electrons. The van der Waals surface area contributed by atoms with E-state index in [0.29, 0.717) is 28.4 Å². The zero-order chi connectivity index (χ0) is 28.7. The first-order chi connectivity index (χ1) is 19.1. The van der Waals surface area contributed by atoms with Crippen molar-refractivity contribution >= 4 is 12.1 Å². The summed E-state index contributed by atoms with van der Waals surface area (Å²) in [7, 11) is 0. The Morgan fingerprint density at radius 3 is 2.60 bits per heavy atom. The first-order valence-corrected chi connectivity index (χ1v) is 12.6.